The van der Waals surface area contributed by atoms with Gasteiger partial charge < -0.3 is 5.32 Å². The molecule has 3 rings (SSSR count). The van der Waals surface area contributed by atoms with Crippen LogP contribution in [0.15, 0.2) is 24.4 Å². The molecule has 1 saturated carbocycles. The van der Waals surface area contributed by atoms with Gasteiger partial charge in [-0.3, -0.25) is 0 Å². The molecule has 1 aromatic heterocycles. The Labute approximate surface area is 105 Å². The second-order valence-electron chi connectivity index (χ2n) is 4.72. The first-order valence-electron chi connectivity index (χ1n) is 6.13. The molecule has 5 heteroatoms. The Morgan fingerprint density at radius 2 is 2.28 bits per heavy atom. The average molecular weight is 246 g/mol. The highest BCUT2D eigenvalue weighted by Crippen LogP contribution is 2.20. The zero-order valence-electron chi connectivity index (χ0n) is 10.2. The molecule has 0 unspecified atom stereocenters. The smallest absolute Gasteiger partial charge is 0.125 e. The zero-order chi connectivity index (χ0) is 12.5. The summed E-state index contributed by atoms with van der Waals surface area (Å²) in [6, 6.07) is 5.33. The normalized spacial score (nSPS) is 15.0. The van der Waals surface area contributed by atoms with Crippen LogP contribution in [0.3, 0.4) is 0 Å². The van der Waals surface area contributed by atoms with Gasteiger partial charge in [-0.1, -0.05) is 11.3 Å². The van der Waals surface area contributed by atoms with E-state index in [-0.39, 0.29) is 5.82 Å². The molecule has 18 heavy (non-hydrogen) atoms. The molecule has 1 heterocycles. The number of nitrogens with one attached hydrogen (secondary N) is 1. The van der Waals surface area contributed by atoms with Crippen LogP contribution in [0, 0.1) is 12.7 Å². The first-order valence-corrected chi connectivity index (χ1v) is 6.13. The van der Waals surface area contributed by atoms with Gasteiger partial charge in [0.15, 0.2) is 0 Å². The molecule has 1 aliphatic rings. The summed E-state index contributed by atoms with van der Waals surface area (Å²) in [4.78, 5) is 0. The Bertz CT molecular complexity index is 560. The van der Waals surface area contributed by atoms with E-state index in [0.717, 1.165) is 16.9 Å². The summed E-state index contributed by atoms with van der Waals surface area (Å²) >= 11 is 0. The van der Waals surface area contributed by atoms with Gasteiger partial charge in [0.2, 0.25) is 0 Å². The summed E-state index contributed by atoms with van der Waals surface area (Å²) in [5.74, 6) is -0.257. The lowest BCUT2D eigenvalue weighted by atomic mass is 10.2. The van der Waals surface area contributed by atoms with Crippen LogP contribution < -0.4 is 5.32 Å². The molecule has 0 bridgehead atoms. The number of aryl methyl sites for hydroxylation is 1. The van der Waals surface area contributed by atoms with Crippen molar-refractivity contribution in [1.82, 2.24) is 20.3 Å². The molecule has 4 nitrogen and oxygen atoms in total. The quantitative estimate of drug-likeness (QED) is 0.896. The minimum absolute atomic E-state index is 0.257. The lowest BCUT2D eigenvalue weighted by Crippen LogP contribution is -2.18. The predicted molar refractivity (Wildman–Crippen MR) is 65.9 cm³/mol. The van der Waals surface area contributed by atoms with Crippen molar-refractivity contribution in [3.05, 3.63) is 41.5 Å². The van der Waals surface area contributed by atoms with Gasteiger partial charge in [-0.25, -0.2) is 9.07 Å². The van der Waals surface area contributed by atoms with Crippen LogP contribution in [0.25, 0.3) is 5.69 Å². The standard InChI is InChI=1S/C13H15FN4/c1-9-2-3-10(14)6-13(9)18-12(8-16-17-18)7-15-11-4-5-11/h2-3,6,8,11,15H,4-5,7H2,1H3. The average Bonchev–Trinajstić information content (AvgIpc) is 3.08. The van der Waals surface area contributed by atoms with Gasteiger partial charge in [-0.05, 0) is 37.5 Å². The first-order chi connectivity index (χ1) is 8.74. The number of hydrogen-bond acceptors (Lipinski definition) is 3. The number of aromatic nitrogens is 3. The van der Waals surface area contributed by atoms with E-state index < -0.39 is 0 Å². The number of hydrogen-bond donors (Lipinski definition) is 1. The maximum absolute atomic E-state index is 13.3. The summed E-state index contributed by atoms with van der Waals surface area (Å²) in [6.45, 7) is 2.65. The van der Waals surface area contributed by atoms with Gasteiger partial charge in [-0.2, -0.15) is 0 Å². The predicted octanol–water partition coefficient (Wildman–Crippen LogP) is 1.97. The van der Waals surface area contributed by atoms with Gasteiger partial charge in [0, 0.05) is 12.6 Å². The second kappa shape index (κ2) is 4.49. The lowest BCUT2D eigenvalue weighted by Gasteiger charge is -2.09. The first kappa shape index (κ1) is 11.3. The van der Waals surface area contributed by atoms with E-state index in [2.05, 4.69) is 15.6 Å². The Kier molecular flexibility index (Phi) is 2.83. The van der Waals surface area contributed by atoms with Crippen molar-refractivity contribution in [2.75, 3.05) is 0 Å². The molecular weight excluding hydrogens is 231 g/mol. The van der Waals surface area contributed by atoms with E-state index in [1.54, 1.807) is 16.9 Å². The summed E-state index contributed by atoms with van der Waals surface area (Å²) in [6.07, 6.45) is 4.20. The minimum atomic E-state index is -0.257. The number of nitrogens with zero attached hydrogens (tertiary/aromatic N) is 3. The van der Waals surface area contributed by atoms with Gasteiger partial charge in [-0.15, -0.1) is 5.10 Å². The van der Waals surface area contributed by atoms with Gasteiger partial charge in [0.25, 0.3) is 0 Å². The van der Waals surface area contributed by atoms with Crippen LogP contribution in [-0.4, -0.2) is 21.0 Å². The van der Waals surface area contributed by atoms with Crippen LogP contribution in [0.4, 0.5) is 4.39 Å². The third kappa shape index (κ3) is 2.26. The zero-order valence-corrected chi connectivity index (χ0v) is 10.2. The van der Waals surface area contributed by atoms with E-state index in [1.165, 1.54) is 25.0 Å². The highest BCUT2D eigenvalue weighted by Gasteiger charge is 2.21. The van der Waals surface area contributed by atoms with Crippen LogP contribution >= 0.6 is 0 Å². The highest BCUT2D eigenvalue weighted by atomic mass is 19.1. The molecule has 0 amide bonds. The Hall–Kier alpha value is -1.75. The molecule has 0 saturated heterocycles. The fourth-order valence-electron chi connectivity index (χ4n) is 1.93. The third-order valence-electron chi connectivity index (χ3n) is 3.17. The molecule has 1 fully saturated rings. The molecule has 94 valence electrons. The molecule has 0 aliphatic heterocycles. The largest absolute Gasteiger partial charge is 0.308 e. The van der Waals surface area contributed by atoms with Crippen LogP contribution in [0.1, 0.15) is 24.1 Å². The molecule has 0 spiro atoms. The molecule has 1 aliphatic carbocycles. The number of benzene rings is 1. The van der Waals surface area contributed by atoms with Gasteiger partial charge >= 0.3 is 0 Å². The molecule has 2 aromatic rings. The van der Waals surface area contributed by atoms with E-state index in [9.17, 15) is 4.39 Å². The Morgan fingerprint density at radius 1 is 1.44 bits per heavy atom. The monoisotopic (exact) mass is 246 g/mol. The molecule has 1 aromatic carbocycles. The van der Waals surface area contributed by atoms with E-state index in [1.807, 2.05) is 6.92 Å². The topological polar surface area (TPSA) is 42.7 Å². The van der Waals surface area contributed by atoms with Crippen molar-refractivity contribution in [2.24, 2.45) is 0 Å². The molecule has 1 N–H and O–H groups in total. The second-order valence-corrected chi connectivity index (χ2v) is 4.72. The maximum Gasteiger partial charge on any atom is 0.125 e. The molecule has 0 radical (unpaired) electrons. The Morgan fingerprint density at radius 3 is 3.06 bits per heavy atom. The van der Waals surface area contributed by atoms with Crippen molar-refractivity contribution >= 4 is 0 Å². The molecular formula is C13H15FN4. The van der Waals surface area contributed by atoms with Crippen molar-refractivity contribution in [3.63, 3.8) is 0 Å². The van der Waals surface area contributed by atoms with E-state index in [4.69, 9.17) is 0 Å². The van der Waals surface area contributed by atoms with E-state index in [0.29, 0.717) is 12.6 Å². The minimum Gasteiger partial charge on any atom is -0.308 e. The summed E-state index contributed by atoms with van der Waals surface area (Å²) < 4.78 is 15.0. The fourth-order valence-corrected chi connectivity index (χ4v) is 1.93. The summed E-state index contributed by atoms with van der Waals surface area (Å²) in [7, 11) is 0. The number of rotatable bonds is 4. The molecule has 0 atom stereocenters. The van der Waals surface area contributed by atoms with Crippen molar-refractivity contribution in [3.8, 4) is 5.69 Å². The third-order valence-corrected chi connectivity index (χ3v) is 3.17. The SMILES string of the molecule is Cc1ccc(F)cc1-n1nncc1CNC1CC1. The Balaban J connectivity index is 1.90. The van der Waals surface area contributed by atoms with Crippen molar-refractivity contribution in [1.29, 1.82) is 0 Å². The summed E-state index contributed by atoms with van der Waals surface area (Å²) in [5.41, 5.74) is 2.69. The number of halogens is 1. The highest BCUT2D eigenvalue weighted by molar-refractivity contribution is 5.40. The fraction of sp³-hybridized carbons (Fsp3) is 0.385. The summed E-state index contributed by atoms with van der Waals surface area (Å²) in [5, 5.41) is 11.4. The van der Waals surface area contributed by atoms with Crippen LogP contribution in [0.2, 0.25) is 0 Å². The van der Waals surface area contributed by atoms with E-state index >= 15 is 0 Å². The van der Waals surface area contributed by atoms with Gasteiger partial charge in [0.1, 0.15) is 5.82 Å². The van der Waals surface area contributed by atoms with Gasteiger partial charge in [0.05, 0.1) is 17.6 Å². The van der Waals surface area contributed by atoms with Crippen molar-refractivity contribution < 1.29 is 4.39 Å². The van der Waals surface area contributed by atoms with Crippen molar-refractivity contribution in [2.45, 2.75) is 32.4 Å². The maximum atomic E-state index is 13.3. The van der Waals surface area contributed by atoms with Crippen LogP contribution in [0.5, 0.6) is 0 Å². The van der Waals surface area contributed by atoms with Crippen LogP contribution in [-0.2, 0) is 6.54 Å². The lowest BCUT2D eigenvalue weighted by molar-refractivity contribution is 0.618.